The van der Waals surface area contributed by atoms with Gasteiger partial charge in [-0.25, -0.2) is 0 Å². The van der Waals surface area contributed by atoms with Crippen LogP contribution in [0.3, 0.4) is 0 Å². The molecule has 2 aromatic carbocycles. The number of ether oxygens (including phenoxy) is 3. The SMILES string of the molecule is CCOc1cc2nc(CC)c(C#N)c(Nc3ccc(OCc4ccn(C)n4)c(Cl)c3)c2cc1NC(=O)/C=C/CN1CCOCC1. The largest absolute Gasteiger partial charge is 0.492 e. The summed E-state index contributed by atoms with van der Waals surface area (Å²) in [5, 5.41) is 21.9. The summed E-state index contributed by atoms with van der Waals surface area (Å²) in [6, 6.07) is 13.1. The number of carbonyl (C=O) groups excluding carboxylic acids is 1. The van der Waals surface area contributed by atoms with E-state index < -0.39 is 0 Å². The molecule has 11 nitrogen and oxygen atoms in total. The first-order valence-electron chi connectivity index (χ1n) is 14.9. The number of rotatable bonds is 12. The zero-order chi connectivity index (χ0) is 31.8. The van der Waals surface area contributed by atoms with E-state index >= 15 is 0 Å². The summed E-state index contributed by atoms with van der Waals surface area (Å²) in [6.07, 6.45) is 5.75. The number of hydrogen-bond donors (Lipinski definition) is 2. The van der Waals surface area contributed by atoms with Crippen LogP contribution in [0.2, 0.25) is 5.02 Å². The van der Waals surface area contributed by atoms with E-state index in [1.165, 1.54) is 6.08 Å². The topological polar surface area (TPSA) is 127 Å². The highest BCUT2D eigenvalue weighted by atomic mass is 35.5. The predicted octanol–water partition coefficient (Wildman–Crippen LogP) is 5.60. The molecule has 0 aliphatic carbocycles. The highest BCUT2D eigenvalue weighted by Gasteiger charge is 2.19. The molecule has 234 valence electrons. The van der Waals surface area contributed by atoms with Crippen LogP contribution in [0.5, 0.6) is 11.5 Å². The van der Waals surface area contributed by atoms with Crippen LogP contribution in [0.1, 0.15) is 30.8 Å². The molecule has 1 saturated heterocycles. The van der Waals surface area contributed by atoms with Gasteiger partial charge in [0.15, 0.2) is 0 Å². The van der Waals surface area contributed by atoms with Crippen molar-refractivity contribution in [3.05, 3.63) is 76.7 Å². The van der Waals surface area contributed by atoms with Crippen molar-refractivity contribution in [3.8, 4) is 17.6 Å². The molecule has 0 spiro atoms. The van der Waals surface area contributed by atoms with Crippen molar-refractivity contribution >= 4 is 45.5 Å². The van der Waals surface area contributed by atoms with E-state index in [9.17, 15) is 10.1 Å². The molecule has 2 N–H and O–H groups in total. The molecule has 3 heterocycles. The maximum atomic E-state index is 12.9. The molecule has 0 radical (unpaired) electrons. The number of aryl methyl sites for hydroxylation is 2. The number of amides is 1. The molecule has 4 aromatic rings. The Labute approximate surface area is 267 Å². The summed E-state index contributed by atoms with van der Waals surface area (Å²) in [4.78, 5) is 19.9. The molecule has 2 aromatic heterocycles. The van der Waals surface area contributed by atoms with Crippen LogP contribution < -0.4 is 20.1 Å². The first-order chi connectivity index (χ1) is 21.9. The number of halogens is 1. The highest BCUT2D eigenvalue weighted by molar-refractivity contribution is 6.32. The van der Waals surface area contributed by atoms with Gasteiger partial charge in [0, 0.05) is 56.1 Å². The number of pyridine rings is 1. The van der Waals surface area contributed by atoms with Crippen molar-refractivity contribution in [1.82, 2.24) is 19.7 Å². The Hall–Kier alpha value is -4.63. The Morgan fingerprint density at radius 1 is 1.16 bits per heavy atom. The normalized spacial score (nSPS) is 13.6. The van der Waals surface area contributed by atoms with Crippen LogP contribution in [0.4, 0.5) is 17.1 Å². The van der Waals surface area contributed by atoms with E-state index in [1.54, 1.807) is 28.9 Å². The van der Waals surface area contributed by atoms with Crippen LogP contribution in [-0.2, 0) is 29.6 Å². The molecule has 1 aliphatic heterocycles. The van der Waals surface area contributed by atoms with Crippen molar-refractivity contribution in [3.63, 3.8) is 0 Å². The zero-order valence-corrected chi connectivity index (χ0v) is 26.4. The van der Waals surface area contributed by atoms with Crippen molar-refractivity contribution in [2.75, 3.05) is 50.1 Å². The lowest BCUT2D eigenvalue weighted by Crippen LogP contribution is -2.36. The maximum absolute atomic E-state index is 12.9. The van der Waals surface area contributed by atoms with Gasteiger partial charge in [-0.1, -0.05) is 24.6 Å². The number of nitrogens with one attached hydrogen (secondary N) is 2. The minimum atomic E-state index is -0.287. The van der Waals surface area contributed by atoms with Crippen LogP contribution in [0.15, 0.2) is 54.7 Å². The lowest BCUT2D eigenvalue weighted by atomic mass is 10.0. The summed E-state index contributed by atoms with van der Waals surface area (Å²) in [7, 11) is 1.85. The summed E-state index contributed by atoms with van der Waals surface area (Å²) in [5.74, 6) is 0.711. The van der Waals surface area contributed by atoms with E-state index in [4.69, 9.17) is 30.8 Å². The summed E-state index contributed by atoms with van der Waals surface area (Å²) in [5.41, 5.74) is 4.13. The molecule has 12 heteroatoms. The van der Waals surface area contributed by atoms with E-state index in [2.05, 4.69) is 26.7 Å². The number of carbonyl (C=O) groups is 1. The smallest absolute Gasteiger partial charge is 0.248 e. The van der Waals surface area contributed by atoms with Crippen molar-refractivity contribution in [2.45, 2.75) is 26.9 Å². The third-order valence-electron chi connectivity index (χ3n) is 7.25. The summed E-state index contributed by atoms with van der Waals surface area (Å²) < 4.78 is 18.9. The molecule has 1 aliphatic rings. The fourth-order valence-electron chi connectivity index (χ4n) is 5.02. The minimum Gasteiger partial charge on any atom is -0.492 e. The summed E-state index contributed by atoms with van der Waals surface area (Å²) >= 11 is 6.60. The number of nitriles is 1. The van der Waals surface area contributed by atoms with Gasteiger partial charge < -0.3 is 24.8 Å². The standard InChI is InChI=1S/C33H36ClN7O4/c1-4-27-25(20-35)33(36-22-8-9-30(26(34)17-22)45-21-23-10-12-40(3)39-23)24-18-29(31(44-5-2)19-28(24)37-27)38-32(42)7-6-11-41-13-15-43-16-14-41/h6-10,12,17-19H,4-5,11,13-16,21H2,1-3H3,(H,36,37)(H,38,42)/b7-6+. The first kappa shape index (κ1) is 31.8. The molecule has 45 heavy (non-hydrogen) atoms. The van der Waals surface area contributed by atoms with Gasteiger partial charge in [0.1, 0.15) is 24.2 Å². The number of aromatic nitrogens is 3. The lowest BCUT2D eigenvalue weighted by Gasteiger charge is -2.25. The van der Waals surface area contributed by atoms with Crippen molar-refractivity contribution in [1.29, 1.82) is 5.26 Å². The van der Waals surface area contributed by atoms with Crippen molar-refractivity contribution < 1.29 is 19.0 Å². The molecule has 0 saturated carbocycles. The minimum absolute atomic E-state index is 0.278. The quantitative estimate of drug-likeness (QED) is 0.192. The molecule has 0 atom stereocenters. The van der Waals surface area contributed by atoms with Gasteiger partial charge in [-0.15, -0.1) is 0 Å². The van der Waals surface area contributed by atoms with E-state index in [0.29, 0.717) is 88.5 Å². The molecule has 1 amide bonds. The fraction of sp³-hybridized carbons (Fsp3) is 0.333. The fourth-order valence-corrected chi connectivity index (χ4v) is 5.25. The number of benzene rings is 2. The first-order valence-corrected chi connectivity index (χ1v) is 15.2. The van der Waals surface area contributed by atoms with Gasteiger partial charge in [-0.2, -0.15) is 10.4 Å². The number of anilines is 3. The number of fused-ring (bicyclic) bond motifs is 1. The zero-order valence-electron chi connectivity index (χ0n) is 25.6. The number of nitrogens with zero attached hydrogens (tertiary/aromatic N) is 5. The second-order valence-corrected chi connectivity index (χ2v) is 10.8. The Morgan fingerprint density at radius 3 is 2.67 bits per heavy atom. The average Bonchev–Trinajstić information content (AvgIpc) is 3.46. The number of morpholine rings is 1. The highest BCUT2D eigenvalue weighted by Crippen LogP contribution is 2.38. The van der Waals surface area contributed by atoms with E-state index in [1.807, 2.05) is 45.3 Å². The second kappa shape index (κ2) is 14.9. The van der Waals surface area contributed by atoms with E-state index in [-0.39, 0.29) is 12.5 Å². The third kappa shape index (κ3) is 7.91. The lowest BCUT2D eigenvalue weighted by molar-refractivity contribution is -0.111. The molecular weight excluding hydrogens is 594 g/mol. The van der Waals surface area contributed by atoms with Crippen LogP contribution in [0, 0.1) is 11.3 Å². The van der Waals surface area contributed by atoms with Gasteiger partial charge in [-0.3, -0.25) is 19.4 Å². The van der Waals surface area contributed by atoms with Gasteiger partial charge in [-0.05, 0) is 43.7 Å². The molecule has 5 rings (SSSR count). The number of hydrogen-bond acceptors (Lipinski definition) is 9. The Bertz CT molecular complexity index is 1740. The molecular formula is C33H36ClN7O4. The van der Waals surface area contributed by atoms with Gasteiger partial charge in [0.25, 0.3) is 0 Å². The Morgan fingerprint density at radius 2 is 1.98 bits per heavy atom. The van der Waals surface area contributed by atoms with Crippen molar-refractivity contribution in [2.24, 2.45) is 7.05 Å². The molecule has 0 unspecified atom stereocenters. The van der Waals surface area contributed by atoms with Gasteiger partial charge in [0.05, 0.1) is 58.7 Å². The van der Waals surface area contributed by atoms with E-state index in [0.717, 1.165) is 18.8 Å². The summed E-state index contributed by atoms with van der Waals surface area (Å²) in [6.45, 7) is 8.22. The average molecular weight is 630 g/mol. The molecule has 0 bridgehead atoms. The van der Waals surface area contributed by atoms with Crippen LogP contribution in [0.25, 0.3) is 10.9 Å². The van der Waals surface area contributed by atoms with Crippen LogP contribution in [-0.4, -0.2) is 65.0 Å². The Kier molecular flexibility index (Phi) is 10.5. The Balaban J connectivity index is 1.44. The predicted molar refractivity (Wildman–Crippen MR) is 174 cm³/mol. The van der Waals surface area contributed by atoms with Gasteiger partial charge >= 0.3 is 0 Å². The van der Waals surface area contributed by atoms with Crippen LogP contribution >= 0.6 is 11.6 Å². The third-order valence-corrected chi connectivity index (χ3v) is 7.54. The second-order valence-electron chi connectivity index (χ2n) is 10.4. The molecule has 1 fully saturated rings. The van der Waals surface area contributed by atoms with Gasteiger partial charge in [0.2, 0.25) is 5.91 Å². The monoisotopic (exact) mass is 629 g/mol. The maximum Gasteiger partial charge on any atom is 0.248 e.